The van der Waals surface area contributed by atoms with Crippen LogP contribution in [0.1, 0.15) is 13.8 Å². The van der Waals surface area contributed by atoms with Gasteiger partial charge in [-0.3, -0.25) is 4.79 Å². The zero-order valence-corrected chi connectivity index (χ0v) is 13.4. The lowest BCUT2D eigenvalue weighted by Crippen LogP contribution is -2.49. The second-order valence-electron chi connectivity index (χ2n) is 4.58. The van der Waals surface area contributed by atoms with Gasteiger partial charge < -0.3 is 10.4 Å². The molecule has 0 aromatic heterocycles. The molecule has 1 unspecified atom stereocenters. The molecule has 2 N–H and O–H groups in total. The van der Waals surface area contributed by atoms with E-state index < -0.39 is 29.3 Å². The number of aliphatic carboxylic acids is 1. The molecule has 1 amide bonds. The predicted octanol–water partition coefficient (Wildman–Crippen LogP) is 2.86. The summed E-state index contributed by atoms with van der Waals surface area (Å²) in [5.74, 6) is -1.90. The van der Waals surface area contributed by atoms with Gasteiger partial charge in [0.1, 0.15) is 6.67 Å². The Morgan fingerprint density at radius 1 is 1.40 bits per heavy atom. The minimum absolute atomic E-state index is 0.518. The molecule has 0 saturated heterocycles. The number of carbonyl (C=O) groups excluding carboxylic acids is 1. The van der Waals surface area contributed by atoms with Crippen molar-refractivity contribution < 1.29 is 19.1 Å². The predicted molar refractivity (Wildman–Crippen MR) is 79.6 cm³/mol. The number of alkyl halides is 1. The third-order valence-corrected chi connectivity index (χ3v) is 4.22. The Morgan fingerprint density at radius 2 is 1.95 bits per heavy atom. The number of hydrogen-bond donors (Lipinski definition) is 2. The largest absolute Gasteiger partial charge is 0.480 e. The topological polar surface area (TPSA) is 66.4 Å². The number of carboxylic acids is 1. The molecule has 0 bridgehead atoms. The zero-order valence-electron chi connectivity index (χ0n) is 11.0. The lowest BCUT2D eigenvalue weighted by Gasteiger charge is -2.24. The molecule has 20 heavy (non-hydrogen) atoms. The van der Waals surface area contributed by atoms with Crippen molar-refractivity contribution in [3.8, 4) is 0 Å². The number of nitrogens with one attached hydrogen (secondary N) is 1. The highest BCUT2D eigenvalue weighted by atomic mass is 79.9. The van der Waals surface area contributed by atoms with E-state index in [1.165, 1.54) is 11.8 Å². The maximum absolute atomic E-state index is 12.5. The van der Waals surface area contributed by atoms with E-state index in [4.69, 9.17) is 5.11 Å². The molecular formula is C13H15BrFNO3S. The molecule has 0 aliphatic carbocycles. The lowest BCUT2D eigenvalue weighted by molar-refractivity contribution is -0.142. The van der Waals surface area contributed by atoms with Crippen LogP contribution in [0, 0.1) is 0 Å². The zero-order chi connectivity index (χ0) is 15.3. The number of rotatable bonds is 6. The van der Waals surface area contributed by atoms with Gasteiger partial charge in [-0.15, -0.1) is 11.8 Å². The van der Waals surface area contributed by atoms with Gasteiger partial charge in [0.05, 0.1) is 4.75 Å². The van der Waals surface area contributed by atoms with Crippen LogP contribution in [0.15, 0.2) is 33.6 Å². The van der Waals surface area contributed by atoms with Crippen LogP contribution >= 0.6 is 27.7 Å². The highest BCUT2D eigenvalue weighted by Gasteiger charge is 2.32. The number of hydrogen-bond acceptors (Lipinski definition) is 3. The van der Waals surface area contributed by atoms with Crippen molar-refractivity contribution >= 4 is 39.6 Å². The molecule has 0 aliphatic rings. The number of benzene rings is 1. The molecule has 0 saturated carbocycles. The number of thioether (sulfide) groups is 1. The van der Waals surface area contributed by atoms with Crippen LogP contribution in [-0.2, 0) is 9.59 Å². The Labute approximate surface area is 129 Å². The summed E-state index contributed by atoms with van der Waals surface area (Å²) >= 11 is 4.60. The fourth-order valence-corrected chi connectivity index (χ4v) is 2.62. The van der Waals surface area contributed by atoms with Gasteiger partial charge in [0.25, 0.3) is 0 Å². The summed E-state index contributed by atoms with van der Waals surface area (Å²) in [6.07, 6.45) is 0. The fourth-order valence-electron chi connectivity index (χ4n) is 1.34. The summed E-state index contributed by atoms with van der Waals surface area (Å²) in [5, 5.41) is 10.9. The van der Waals surface area contributed by atoms with Crippen LogP contribution in [0.3, 0.4) is 0 Å². The molecule has 1 aromatic carbocycles. The molecule has 1 aromatic rings. The Bertz CT molecular complexity index is 493. The highest BCUT2D eigenvalue weighted by molar-refractivity contribution is 9.10. The van der Waals surface area contributed by atoms with Crippen LogP contribution in [0.5, 0.6) is 0 Å². The molecule has 0 heterocycles. The normalized spacial score (nSPS) is 12.8. The van der Waals surface area contributed by atoms with E-state index in [0.717, 1.165) is 9.37 Å². The summed E-state index contributed by atoms with van der Waals surface area (Å²) in [5.41, 5.74) is 0. The first-order chi connectivity index (χ1) is 9.26. The highest BCUT2D eigenvalue weighted by Crippen LogP contribution is 2.33. The first-order valence-electron chi connectivity index (χ1n) is 5.80. The fraction of sp³-hybridized carbons (Fsp3) is 0.385. The first kappa shape index (κ1) is 17.0. The van der Waals surface area contributed by atoms with E-state index in [0.29, 0.717) is 0 Å². The average Bonchev–Trinajstić information content (AvgIpc) is 2.37. The quantitative estimate of drug-likeness (QED) is 0.762. The number of halogens is 2. The van der Waals surface area contributed by atoms with Crippen molar-refractivity contribution in [1.29, 1.82) is 0 Å². The van der Waals surface area contributed by atoms with Crippen molar-refractivity contribution in [2.75, 3.05) is 6.67 Å². The maximum Gasteiger partial charge on any atom is 0.328 e. The summed E-state index contributed by atoms with van der Waals surface area (Å²) < 4.78 is 12.5. The minimum Gasteiger partial charge on any atom is -0.480 e. The summed E-state index contributed by atoms with van der Waals surface area (Å²) in [6, 6.07) is 5.86. The third-order valence-electron chi connectivity index (χ3n) is 2.49. The van der Waals surface area contributed by atoms with E-state index in [-0.39, 0.29) is 0 Å². The Balaban J connectivity index is 2.74. The molecule has 110 valence electrons. The van der Waals surface area contributed by atoms with E-state index in [2.05, 4.69) is 21.2 Å². The molecule has 1 rings (SSSR count). The number of carbonyl (C=O) groups is 2. The smallest absolute Gasteiger partial charge is 0.328 e. The summed E-state index contributed by atoms with van der Waals surface area (Å²) in [7, 11) is 0. The molecule has 4 nitrogen and oxygen atoms in total. The van der Waals surface area contributed by atoms with Crippen molar-refractivity contribution in [3.05, 3.63) is 28.7 Å². The van der Waals surface area contributed by atoms with Crippen LogP contribution in [-0.4, -0.2) is 34.4 Å². The van der Waals surface area contributed by atoms with Crippen LogP contribution < -0.4 is 5.32 Å². The maximum atomic E-state index is 12.5. The second kappa shape index (κ2) is 7.08. The van der Waals surface area contributed by atoms with Crippen LogP contribution in [0.25, 0.3) is 0 Å². The Hall–Kier alpha value is -1.08. The molecule has 0 fully saturated rings. The number of amides is 1. The van der Waals surface area contributed by atoms with Crippen molar-refractivity contribution in [1.82, 2.24) is 5.32 Å². The third kappa shape index (κ3) is 4.79. The molecular weight excluding hydrogens is 349 g/mol. The summed E-state index contributed by atoms with van der Waals surface area (Å²) in [6.45, 7) is 2.18. The van der Waals surface area contributed by atoms with Gasteiger partial charge in [-0.05, 0) is 38.1 Å². The van der Waals surface area contributed by atoms with Crippen molar-refractivity contribution in [3.63, 3.8) is 0 Å². The minimum atomic E-state index is -1.51. The van der Waals surface area contributed by atoms with Crippen LogP contribution in [0.2, 0.25) is 0 Å². The summed E-state index contributed by atoms with van der Waals surface area (Å²) in [4.78, 5) is 23.6. The molecule has 0 aliphatic heterocycles. The van der Waals surface area contributed by atoms with Crippen molar-refractivity contribution in [2.45, 2.75) is 29.5 Å². The van der Waals surface area contributed by atoms with Crippen LogP contribution in [0.4, 0.5) is 4.39 Å². The van der Waals surface area contributed by atoms with Gasteiger partial charge >= 0.3 is 5.97 Å². The van der Waals surface area contributed by atoms with Gasteiger partial charge in [0.2, 0.25) is 5.91 Å². The molecule has 1 atom stereocenters. The van der Waals surface area contributed by atoms with Gasteiger partial charge in [-0.25, -0.2) is 9.18 Å². The Morgan fingerprint density at radius 3 is 2.40 bits per heavy atom. The standard InChI is InChI=1S/C13H15BrFNO3S/c1-13(2,12(19)16-10(7-15)11(17)18)20-9-5-3-8(14)4-6-9/h3-6,10H,7H2,1-2H3,(H,16,19)(H,17,18). The molecule has 0 spiro atoms. The van der Waals surface area contributed by atoms with Gasteiger partial charge in [-0.2, -0.15) is 0 Å². The van der Waals surface area contributed by atoms with Gasteiger partial charge in [-0.1, -0.05) is 15.9 Å². The van der Waals surface area contributed by atoms with E-state index in [1.54, 1.807) is 13.8 Å². The molecule has 7 heteroatoms. The van der Waals surface area contributed by atoms with Gasteiger partial charge in [0.15, 0.2) is 6.04 Å². The van der Waals surface area contributed by atoms with E-state index in [1.807, 2.05) is 24.3 Å². The molecule has 0 radical (unpaired) electrons. The van der Waals surface area contributed by atoms with E-state index in [9.17, 15) is 14.0 Å². The lowest BCUT2D eigenvalue weighted by atomic mass is 10.2. The Kier molecular flexibility index (Phi) is 6.01. The monoisotopic (exact) mass is 363 g/mol. The number of carboxylic acid groups (broad SMARTS) is 1. The van der Waals surface area contributed by atoms with E-state index >= 15 is 0 Å². The SMILES string of the molecule is CC(C)(Sc1ccc(Br)cc1)C(=O)NC(CF)C(=O)O. The first-order valence-corrected chi connectivity index (χ1v) is 7.41. The van der Waals surface area contributed by atoms with Gasteiger partial charge in [0, 0.05) is 9.37 Å². The van der Waals surface area contributed by atoms with Crippen molar-refractivity contribution in [2.24, 2.45) is 0 Å². The average molecular weight is 364 g/mol. The second-order valence-corrected chi connectivity index (χ2v) is 7.20.